The number of esters is 1. The molecule has 1 saturated heterocycles. The van der Waals surface area contributed by atoms with Crippen LogP contribution in [0.25, 0.3) is 0 Å². The number of carbonyl (C=O) groups is 4. The lowest BCUT2D eigenvalue weighted by atomic mass is 9.95. The molecule has 2 aliphatic rings. The Bertz CT molecular complexity index is 835. The summed E-state index contributed by atoms with van der Waals surface area (Å²) >= 11 is 0. The molecule has 2 heterocycles. The fourth-order valence-corrected chi connectivity index (χ4v) is 3.98. The highest BCUT2D eigenvalue weighted by Crippen LogP contribution is 2.45. The smallest absolute Gasteiger partial charge is 0.354 e. The van der Waals surface area contributed by atoms with Crippen LogP contribution in [0.3, 0.4) is 0 Å². The van der Waals surface area contributed by atoms with Crippen molar-refractivity contribution in [3.8, 4) is 0 Å². The lowest BCUT2D eigenvalue weighted by Gasteiger charge is -2.50. The van der Waals surface area contributed by atoms with Gasteiger partial charge in [-0.3, -0.25) is 19.3 Å². The van der Waals surface area contributed by atoms with Gasteiger partial charge < -0.3 is 15.0 Å². The highest BCUT2D eigenvalue weighted by molar-refractivity contribution is 6.15. The van der Waals surface area contributed by atoms with E-state index in [0.717, 1.165) is 0 Å². The molecule has 0 radical (unpaired) electrons. The predicted octanol–water partition coefficient (Wildman–Crippen LogP) is 1.44. The molecule has 1 atom stereocenters. The van der Waals surface area contributed by atoms with Gasteiger partial charge in [0.2, 0.25) is 11.6 Å². The van der Waals surface area contributed by atoms with E-state index < -0.39 is 24.1 Å². The molecule has 0 saturated carbocycles. The van der Waals surface area contributed by atoms with Crippen molar-refractivity contribution in [1.82, 2.24) is 10.2 Å². The average molecular weight is 387 g/mol. The molecule has 3 rings (SSSR count). The van der Waals surface area contributed by atoms with Crippen LogP contribution in [-0.2, 0) is 19.1 Å². The van der Waals surface area contributed by atoms with Gasteiger partial charge in [-0.25, -0.2) is 4.79 Å². The molecule has 1 aromatic rings. The number of benzene rings is 1. The first-order valence-corrected chi connectivity index (χ1v) is 9.42. The molecule has 28 heavy (non-hydrogen) atoms. The van der Waals surface area contributed by atoms with Gasteiger partial charge in [-0.2, -0.15) is 0 Å². The first-order chi connectivity index (χ1) is 13.2. The summed E-state index contributed by atoms with van der Waals surface area (Å²) in [6.07, 6.45) is 0.229. The molecule has 2 aliphatic heterocycles. The molecule has 3 amide bonds. The van der Waals surface area contributed by atoms with Crippen LogP contribution in [0.15, 0.2) is 24.3 Å². The summed E-state index contributed by atoms with van der Waals surface area (Å²) in [4.78, 5) is 53.9. The third-order valence-electron chi connectivity index (χ3n) is 4.93. The van der Waals surface area contributed by atoms with Crippen molar-refractivity contribution in [1.29, 1.82) is 0 Å². The summed E-state index contributed by atoms with van der Waals surface area (Å²) in [5.41, 5.74) is -0.808. The van der Waals surface area contributed by atoms with Gasteiger partial charge in [0.1, 0.15) is 0 Å². The van der Waals surface area contributed by atoms with E-state index >= 15 is 0 Å². The molecular weight excluding hydrogens is 362 g/mol. The van der Waals surface area contributed by atoms with E-state index in [1.54, 1.807) is 52.0 Å². The van der Waals surface area contributed by atoms with Crippen molar-refractivity contribution in [3.05, 3.63) is 29.8 Å². The van der Waals surface area contributed by atoms with Crippen LogP contribution in [0.2, 0.25) is 0 Å². The number of carbonyl (C=O) groups excluding carboxylic acids is 4. The van der Waals surface area contributed by atoms with Crippen LogP contribution in [0.1, 0.15) is 50.9 Å². The topological polar surface area (TPSA) is 96.0 Å². The normalized spacial score (nSPS) is 21.1. The Labute approximate surface area is 163 Å². The maximum absolute atomic E-state index is 13.2. The van der Waals surface area contributed by atoms with E-state index in [-0.39, 0.29) is 36.7 Å². The van der Waals surface area contributed by atoms with Gasteiger partial charge in [-0.15, -0.1) is 0 Å². The number of fused-ring (bicyclic) bond motifs is 3. The average Bonchev–Trinajstić information content (AvgIpc) is 2.97. The first-order valence-electron chi connectivity index (χ1n) is 9.42. The highest BCUT2D eigenvalue weighted by atomic mass is 16.5. The van der Waals surface area contributed by atoms with Crippen LogP contribution in [-0.4, -0.2) is 52.9 Å². The van der Waals surface area contributed by atoms with Crippen molar-refractivity contribution in [3.63, 3.8) is 0 Å². The molecule has 8 heteroatoms. The molecule has 0 aromatic heterocycles. The van der Waals surface area contributed by atoms with E-state index in [1.165, 1.54) is 9.80 Å². The molecule has 1 fully saturated rings. The van der Waals surface area contributed by atoms with E-state index in [0.29, 0.717) is 11.3 Å². The summed E-state index contributed by atoms with van der Waals surface area (Å²) in [5.74, 6) is -1.79. The fourth-order valence-electron chi connectivity index (χ4n) is 3.98. The molecule has 150 valence electrons. The molecule has 0 spiro atoms. The van der Waals surface area contributed by atoms with Crippen LogP contribution < -0.4 is 10.2 Å². The van der Waals surface area contributed by atoms with Crippen LogP contribution >= 0.6 is 0 Å². The van der Waals surface area contributed by atoms with Crippen molar-refractivity contribution < 1.29 is 23.9 Å². The number of hydrogen-bond donors (Lipinski definition) is 1. The third-order valence-corrected chi connectivity index (χ3v) is 4.93. The Morgan fingerprint density at radius 1 is 1.18 bits per heavy atom. The van der Waals surface area contributed by atoms with E-state index in [4.69, 9.17) is 4.74 Å². The Morgan fingerprint density at radius 3 is 2.50 bits per heavy atom. The number of amides is 3. The molecular formula is C20H25N3O5. The van der Waals surface area contributed by atoms with Crippen molar-refractivity contribution >= 4 is 29.4 Å². The first kappa shape index (κ1) is 19.9. The maximum atomic E-state index is 13.2. The minimum atomic E-state index is -1.57. The Balaban J connectivity index is 2.02. The minimum absolute atomic E-state index is 0.0933. The van der Waals surface area contributed by atoms with Gasteiger partial charge in [0.15, 0.2) is 6.61 Å². The maximum Gasteiger partial charge on any atom is 0.354 e. The second-order valence-electron chi connectivity index (χ2n) is 7.63. The summed E-state index contributed by atoms with van der Waals surface area (Å²) in [5, 5.41) is 2.65. The number of rotatable bonds is 5. The summed E-state index contributed by atoms with van der Waals surface area (Å²) < 4.78 is 5.30. The second kappa shape index (κ2) is 7.26. The van der Waals surface area contributed by atoms with Crippen LogP contribution in [0.4, 0.5) is 5.69 Å². The lowest BCUT2D eigenvalue weighted by molar-refractivity contribution is -0.161. The van der Waals surface area contributed by atoms with Gasteiger partial charge in [0.25, 0.3) is 11.8 Å². The molecule has 1 N–H and O–H groups in total. The standard InChI is InChI=1S/C20H25N3O5/c1-12(2)21-16(24)11-28-19(27)20-10-9-17(25)23(20)15-8-6-5-7-14(15)18(26)22(20)13(3)4/h5-8,12-13H,9-11H2,1-4H3,(H,21,24)/t20-/m0/s1. The molecule has 8 nitrogen and oxygen atoms in total. The van der Waals surface area contributed by atoms with Crippen molar-refractivity contribution in [2.24, 2.45) is 0 Å². The SMILES string of the molecule is CC(C)NC(=O)COC(=O)[C@]12CCC(=O)N1c1ccccc1C(=O)N2C(C)C. The molecule has 0 aliphatic carbocycles. The van der Waals surface area contributed by atoms with E-state index in [9.17, 15) is 19.2 Å². The van der Waals surface area contributed by atoms with Gasteiger partial charge in [0.05, 0.1) is 11.3 Å². The number of para-hydroxylation sites is 1. The number of hydrogen-bond acceptors (Lipinski definition) is 5. The van der Waals surface area contributed by atoms with E-state index in [1.807, 2.05) is 0 Å². The number of ether oxygens (including phenoxy) is 1. The van der Waals surface area contributed by atoms with Crippen LogP contribution in [0.5, 0.6) is 0 Å². The quantitative estimate of drug-likeness (QED) is 0.772. The summed E-state index contributed by atoms with van der Waals surface area (Å²) in [6.45, 7) is 6.70. The fraction of sp³-hybridized carbons (Fsp3) is 0.500. The molecule has 0 bridgehead atoms. The van der Waals surface area contributed by atoms with Crippen molar-refractivity contribution in [2.75, 3.05) is 11.5 Å². The predicted molar refractivity (Wildman–Crippen MR) is 101 cm³/mol. The van der Waals surface area contributed by atoms with Crippen LogP contribution in [0, 0.1) is 0 Å². The second-order valence-corrected chi connectivity index (χ2v) is 7.63. The number of nitrogens with zero attached hydrogens (tertiary/aromatic N) is 2. The number of anilines is 1. The Morgan fingerprint density at radius 2 is 1.86 bits per heavy atom. The van der Waals surface area contributed by atoms with Gasteiger partial charge in [-0.05, 0) is 39.8 Å². The largest absolute Gasteiger partial charge is 0.452 e. The highest BCUT2D eigenvalue weighted by Gasteiger charge is 2.62. The minimum Gasteiger partial charge on any atom is -0.452 e. The molecule has 1 aromatic carbocycles. The Hall–Kier alpha value is -2.90. The summed E-state index contributed by atoms with van der Waals surface area (Å²) in [6, 6.07) is 6.29. The zero-order valence-corrected chi connectivity index (χ0v) is 16.5. The van der Waals surface area contributed by atoms with E-state index in [2.05, 4.69) is 5.32 Å². The van der Waals surface area contributed by atoms with Gasteiger partial charge >= 0.3 is 5.97 Å². The lowest BCUT2D eigenvalue weighted by Crippen LogP contribution is -2.70. The zero-order chi connectivity index (χ0) is 20.6. The molecule has 0 unspecified atom stereocenters. The Kier molecular flexibility index (Phi) is 5.14. The van der Waals surface area contributed by atoms with Gasteiger partial charge in [0, 0.05) is 24.9 Å². The zero-order valence-electron chi connectivity index (χ0n) is 16.5. The van der Waals surface area contributed by atoms with Gasteiger partial charge in [-0.1, -0.05) is 12.1 Å². The van der Waals surface area contributed by atoms with Crippen molar-refractivity contribution in [2.45, 2.75) is 58.3 Å². The number of nitrogens with one attached hydrogen (secondary N) is 1. The monoisotopic (exact) mass is 387 g/mol. The summed E-state index contributed by atoms with van der Waals surface area (Å²) in [7, 11) is 0. The third kappa shape index (κ3) is 3.02.